The number of carbonyl (C=O) groups is 4. The number of aliphatic hydroxyl groups is 1. The van der Waals surface area contributed by atoms with Crippen LogP contribution in [0.4, 0.5) is 22.3 Å². The van der Waals surface area contributed by atoms with Crippen molar-refractivity contribution in [1.29, 1.82) is 0 Å². The van der Waals surface area contributed by atoms with Crippen LogP contribution in [0.1, 0.15) is 123 Å². The van der Waals surface area contributed by atoms with Crippen LogP contribution in [0, 0.1) is 23.7 Å². The molecule has 0 spiro atoms. The maximum absolute atomic E-state index is 13.8. The lowest BCUT2D eigenvalue weighted by Gasteiger charge is -2.34. The highest BCUT2D eigenvalue weighted by Crippen LogP contribution is 2.40. The molecule has 396 valence electrons. The maximum Gasteiger partial charge on any atom is 0.322 e. The number of amides is 4. The molecule has 5 atom stereocenters. The zero-order valence-electron chi connectivity index (χ0n) is 42.4. The molecule has 4 amide bonds. The smallest absolute Gasteiger partial charge is 0.322 e. The summed E-state index contributed by atoms with van der Waals surface area (Å²) < 4.78 is 11.3. The minimum atomic E-state index is -0.874. The third-order valence-corrected chi connectivity index (χ3v) is 15.6. The molecule has 5 N–H and O–H groups in total. The highest BCUT2D eigenvalue weighted by molar-refractivity contribution is 7.15. The number of rotatable bonds is 24. The summed E-state index contributed by atoms with van der Waals surface area (Å²) in [5, 5.41) is 58.9. The fraction of sp³-hybridized carbons (Fsp3) is 0.418. The van der Waals surface area contributed by atoms with Crippen molar-refractivity contribution in [2.75, 3.05) is 21.3 Å². The Bertz CT molecular complexity index is 3080. The predicted octanol–water partition coefficient (Wildman–Crippen LogP) is 9.93. The molecule has 6 aromatic rings. The highest BCUT2D eigenvalue weighted by Gasteiger charge is 2.37. The lowest BCUT2D eigenvalue weighted by Crippen LogP contribution is -2.35. The molecule has 76 heavy (non-hydrogen) atoms. The summed E-state index contributed by atoms with van der Waals surface area (Å²) in [7, 11) is 0. The molecule has 2 aromatic carbocycles. The monoisotopic (exact) mass is 1070 g/mol. The molecule has 2 unspecified atom stereocenters. The van der Waals surface area contributed by atoms with Crippen LogP contribution in [0.5, 0.6) is 0 Å². The number of aliphatic hydroxyl groups excluding tert-OH is 1. The summed E-state index contributed by atoms with van der Waals surface area (Å²) >= 11 is 2.76. The van der Waals surface area contributed by atoms with Gasteiger partial charge in [-0.15, -0.1) is 30.6 Å². The van der Waals surface area contributed by atoms with Crippen molar-refractivity contribution >= 4 is 68.6 Å². The summed E-state index contributed by atoms with van der Waals surface area (Å²) in [5.41, 5.74) is 4.36. The standard InChI is InChI=1S/C55H62N12O7S2/c1-34-15-5-6-19-37(34)33-45(70)58-54-66-62-48(75-54)27-11-12-28-49-63-67-55(76-49)59-51(72)42-24-8-7-23-41(42)50(71)40-22-14-21-39(32-40)38-20-13-18-36(29-38)31-44(69)57-53-65-61-47(74-53)26-10-9-25-46-60-64-52(73-46)56-43(68)30-35-16-3-2-4-17-35/h2-6,13-14,16,18-22,29,32,34-35,41-42,50,71H,7-12,15,17,23-28,30-31,33H2,1H3,(H,56,64,68)(H,57,65,69)(H,58,66,70)(H,59,67,72)/t34?,35?,41-,42-,50-/m1/s1. The van der Waals surface area contributed by atoms with Crippen molar-refractivity contribution in [1.82, 2.24) is 40.8 Å². The molecule has 3 aliphatic carbocycles. The van der Waals surface area contributed by atoms with Crippen LogP contribution >= 0.6 is 22.7 Å². The molecule has 0 bridgehead atoms. The van der Waals surface area contributed by atoms with Gasteiger partial charge in [0, 0.05) is 50.4 Å². The second-order valence-corrected chi connectivity index (χ2v) is 21.7. The zero-order valence-corrected chi connectivity index (χ0v) is 44.0. The Morgan fingerprint density at radius 2 is 1.29 bits per heavy atom. The minimum absolute atomic E-state index is 0.0150. The van der Waals surface area contributed by atoms with Gasteiger partial charge in [-0.05, 0) is 91.5 Å². The number of unbranched alkanes of at least 4 members (excludes halogenated alkanes) is 2. The topological polar surface area (TPSA) is 266 Å². The summed E-state index contributed by atoms with van der Waals surface area (Å²) in [6, 6.07) is 15.5. The number of nitrogens with one attached hydrogen (secondary N) is 4. The first-order valence-electron chi connectivity index (χ1n) is 26.1. The van der Waals surface area contributed by atoms with E-state index in [1.54, 1.807) is 0 Å². The van der Waals surface area contributed by atoms with Gasteiger partial charge in [-0.1, -0.05) is 143 Å². The van der Waals surface area contributed by atoms with E-state index in [-0.39, 0.29) is 53.9 Å². The van der Waals surface area contributed by atoms with Gasteiger partial charge in [-0.3, -0.25) is 29.8 Å². The first-order valence-corrected chi connectivity index (χ1v) is 27.8. The number of anilines is 4. The van der Waals surface area contributed by atoms with Gasteiger partial charge in [0.25, 0.3) is 0 Å². The summed E-state index contributed by atoms with van der Waals surface area (Å²) in [5.74, 6) is -0.128. The Morgan fingerprint density at radius 1 is 0.658 bits per heavy atom. The fourth-order valence-corrected chi connectivity index (χ4v) is 11.3. The molecule has 0 aliphatic heterocycles. The number of hydrogen-bond donors (Lipinski definition) is 5. The van der Waals surface area contributed by atoms with Crippen molar-refractivity contribution in [2.24, 2.45) is 23.7 Å². The molecule has 1 saturated carbocycles. The van der Waals surface area contributed by atoms with Crippen LogP contribution in [-0.4, -0.2) is 69.5 Å². The summed E-state index contributed by atoms with van der Waals surface area (Å²) in [6.45, 7) is 2.13. The van der Waals surface area contributed by atoms with E-state index >= 15 is 0 Å². The maximum atomic E-state index is 13.8. The van der Waals surface area contributed by atoms with Gasteiger partial charge in [-0.2, -0.15) is 0 Å². The van der Waals surface area contributed by atoms with Gasteiger partial charge in [0.2, 0.25) is 45.7 Å². The molecule has 9 rings (SSSR count). The van der Waals surface area contributed by atoms with Crippen LogP contribution in [-0.2, 0) is 51.3 Å². The van der Waals surface area contributed by atoms with Gasteiger partial charge in [0.15, 0.2) is 0 Å². The van der Waals surface area contributed by atoms with Gasteiger partial charge in [-0.25, -0.2) is 0 Å². The second kappa shape index (κ2) is 26.4. The Hall–Kier alpha value is -7.36. The Balaban J connectivity index is 0.695. The summed E-state index contributed by atoms with van der Waals surface area (Å²) in [6.07, 6.45) is 24.4. The molecule has 21 heteroatoms. The lowest BCUT2D eigenvalue weighted by atomic mass is 9.74. The Kier molecular flexibility index (Phi) is 18.6. The van der Waals surface area contributed by atoms with Gasteiger partial charge in [0.05, 0.1) is 12.5 Å². The predicted molar refractivity (Wildman–Crippen MR) is 289 cm³/mol. The lowest BCUT2D eigenvalue weighted by molar-refractivity contribution is -0.125. The van der Waals surface area contributed by atoms with Crippen LogP contribution in [0.25, 0.3) is 11.1 Å². The average molecular weight is 1070 g/mol. The van der Waals surface area contributed by atoms with Crippen LogP contribution in [0.2, 0.25) is 0 Å². The summed E-state index contributed by atoms with van der Waals surface area (Å²) in [4.78, 5) is 51.9. The van der Waals surface area contributed by atoms with Crippen LogP contribution in [0.3, 0.4) is 0 Å². The van der Waals surface area contributed by atoms with Gasteiger partial charge < -0.3 is 24.6 Å². The molecule has 0 radical (unpaired) electrons. The molecular weight excluding hydrogens is 1000 g/mol. The molecule has 4 aromatic heterocycles. The largest absolute Gasteiger partial charge is 0.408 e. The number of benzene rings is 2. The van der Waals surface area contributed by atoms with Crippen molar-refractivity contribution in [3.05, 3.63) is 130 Å². The number of aromatic nitrogens is 8. The Labute approximate surface area is 448 Å². The van der Waals surface area contributed by atoms with Gasteiger partial charge in [0.1, 0.15) is 10.0 Å². The molecule has 19 nitrogen and oxygen atoms in total. The minimum Gasteiger partial charge on any atom is -0.408 e. The van der Waals surface area contributed by atoms with Crippen molar-refractivity contribution in [3.63, 3.8) is 0 Å². The number of allylic oxidation sites excluding steroid dienone is 7. The SMILES string of the molecule is CC1CC=CC=C1CC(=O)Nc1nnc(CCCCc2nnc(NC(=O)[C@@H]3CCCC[C@H]3[C@H](O)c3cccc(-c4cccc(CC(=O)Nc5nnc(CCCCc6nnc(NC(=O)CC7C=CC=CC7)o6)o5)c4)c3)s2)s1. The first kappa shape index (κ1) is 53.5. The van der Waals surface area contributed by atoms with E-state index in [0.29, 0.717) is 85.7 Å². The Morgan fingerprint density at radius 3 is 1.99 bits per heavy atom. The van der Waals surface area contributed by atoms with E-state index in [1.807, 2.05) is 85.0 Å². The molecule has 0 saturated heterocycles. The van der Waals surface area contributed by atoms with Crippen molar-refractivity contribution in [3.8, 4) is 11.1 Å². The number of hydrogen-bond acceptors (Lipinski definition) is 17. The average Bonchev–Trinajstić information content (AvgIpc) is 4.27. The van der Waals surface area contributed by atoms with Crippen molar-refractivity contribution in [2.45, 2.75) is 122 Å². The van der Waals surface area contributed by atoms with Crippen LogP contribution in [0.15, 0.2) is 105 Å². The highest BCUT2D eigenvalue weighted by atomic mass is 32.1. The van der Waals surface area contributed by atoms with E-state index in [9.17, 15) is 24.3 Å². The van der Waals surface area contributed by atoms with E-state index in [0.717, 1.165) is 82.8 Å². The fourth-order valence-electron chi connectivity index (χ4n) is 9.71. The van der Waals surface area contributed by atoms with Gasteiger partial charge >= 0.3 is 12.0 Å². The second-order valence-electron chi connectivity index (χ2n) is 19.6. The van der Waals surface area contributed by atoms with E-state index in [2.05, 4.69) is 75.1 Å². The quantitative estimate of drug-likeness (QED) is 0.0353. The van der Waals surface area contributed by atoms with E-state index in [1.165, 1.54) is 22.7 Å². The van der Waals surface area contributed by atoms with E-state index < -0.39 is 12.0 Å². The van der Waals surface area contributed by atoms with Crippen LogP contribution < -0.4 is 21.3 Å². The number of aryl methyl sites for hydroxylation is 4. The third-order valence-electron chi connectivity index (χ3n) is 13.8. The third kappa shape index (κ3) is 15.4. The molecular formula is C55H62N12O7S2. The molecule has 3 aliphatic rings. The number of carbonyl (C=O) groups excluding carboxylic acids is 4. The molecule has 1 fully saturated rings. The van der Waals surface area contributed by atoms with Crippen molar-refractivity contribution < 1.29 is 33.1 Å². The normalized spacial score (nSPS) is 18.5. The number of nitrogens with zero attached hydrogens (tertiary/aromatic N) is 8. The first-order chi connectivity index (χ1) is 37.1. The zero-order chi connectivity index (χ0) is 52.6. The molecule has 4 heterocycles. The van der Waals surface area contributed by atoms with E-state index in [4.69, 9.17) is 8.83 Å².